The number of rotatable bonds is 9. The highest BCUT2D eigenvalue weighted by molar-refractivity contribution is 7.89. The van der Waals surface area contributed by atoms with Crippen molar-refractivity contribution in [1.82, 2.24) is 33.8 Å². The standard InChI is InChI=1S/C27H36N8O2S/c1-4-38(37)34-11-9-18(10-12-34)13-28-25-27(36)35(17(3)19-5-6-19)26-21(32-25)14-29-24(33-26)22-16(2)30-15-31-23(22)20-7-8-20/h14-15,17-20H,4-13H2,1-3H3,(H,28,32). The first-order chi connectivity index (χ1) is 18.4. The number of nitrogens with one attached hydrogen (secondary N) is 1. The summed E-state index contributed by atoms with van der Waals surface area (Å²) in [4.78, 5) is 37.1. The zero-order valence-corrected chi connectivity index (χ0v) is 23.2. The molecule has 3 aromatic heterocycles. The SMILES string of the molecule is CC[S+]([O-])N1CCC(CNc2nc3cnc(-c4c(C)ncnc4C4CC4)nc3n(C(C)C3CC3)c2=O)CC1. The molecule has 4 heterocycles. The van der Waals surface area contributed by atoms with Crippen molar-refractivity contribution in [3.8, 4) is 11.4 Å². The summed E-state index contributed by atoms with van der Waals surface area (Å²) in [5.74, 6) is 2.89. The van der Waals surface area contributed by atoms with Crippen LogP contribution in [0.25, 0.3) is 22.6 Å². The fourth-order valence-electron chi connectivity index (χ4n) is 5.58. The van der Waals surface area contributed by atoms with Crippen LogP contribution in [-0.2, 0) is 11.4 Å². The predicted molar refractivity (Wildman–Crippen MR) is 148 cm³/mol. The maximum atomic E-state index is 13.8. The fraction of sp³-hybridized carbons (Fsp3) is 0.630. The molecular formula is C27H36N8O2S. The van der Waals surface area contributed by atoms with Gasteiger partial charge in [-0.1, -0.05) is 0 Å². The van der Waals surface area contributed by atoms with E-state index in [1.165, 1.54) is 0 Å². The smallest absolute Gasteiger partial charge is 0.295 e. The number of aryl methyl sites for hydroxylation is 1. The zero-order valence-electron chi connectivity index (χ0n) is 22.4. The van der Waals surface area contributed by atoms with E-state index in [0.29, 0.717) is 52.9 Å². The first-order valence-electron chi connectivity index (χ1n) is 13.9. The third-order valence-corrected chi connectivity index (χ3v) is 9.70. The van der Waals surface area contributed by atoms with Crippen LogP contribution < -0.4 is 10.9 Å². The summed E-state index contributed by atoms with van der Waals surface area (Å²) in [6, 6.07) is 0.0274. The number of fused-ring (bicyclic) bond motifs is 1. The van der Waals surface area contributed by atoms with Gasteiger partial charge in [0, 0.05) is 43.0 Å². The Morgan fingerprint density at radius 2 is 1.87 bits per heavy atom. The number of nitrogens with zero attached hydrogens (tertiary/aromatic N) is 7. The van der Waals surface area contributed by atoms with Crippen molar-refractivity contribution in [3.05, 3.63) is 34.3 Å². The highest BCUT2D eigenvalue weighted by atomic mass is 32.2. The van der Waals surface area contributed by atoms with E-state index in [9.17, 15) is 9.35 Å². The van der Waals surface area contributed by atoms with E-state index < -0.39 is 11.4 Å². The van der Waals surface area contributed by atoms with Crippen LogP contribution in [0, 0.1) is 18.8 Å². The van der Waals surface area contributed by atoms with Crippen LogP contribution in [-0.4, -0.2) is 63.7 Å². The van der Waals surface area contributed by atoms with Gasteiger partial charge in [0.1, 0.15) is 17.6 Å². The van der Waals surface area contributed by atoms with Crippen LogP contribution >= 0.6 is 0 Å². The van der Waals surface area contributed by atoms with Gasteiger partial charge in [-0.15, -0.1) is 4.31 Å². The van der Waals surface area contributed by atoms with Gasteiger partial charge >= 0.3 is 0 Å². The van der Waals surface area contributed by atoms with Gasteiger partial charge in [0.2, 0.25) is 0 Å². The van der Waals surface area contributed by atoms with Crippen LogP contribution in [0.2, 0.25) is 0 Å². The molecular weight excluding hydrogens is 500 g/mol. The van der Waals surface area contributed by atoms with E-state index in [4.69, 9.17) is 15.0 Å². The summed E-state index contributed by atoms with van der Waals surface area (Å²) >= 11 is -0.888. The summed E-state index contributed by atoms with van der Waals surface area (Å²) in [5, 5.41) is 3.36. The van der Waals surface area contributed by atoms with Crippen molar-refractivity contribution in [1.29, 1.82) is 0 Å². The molecule has 202 valence electrons. The lowest BCUT2D eigenvalue weighted by molar-refractivity contribution is 0.282. The van der Waals surface area contributed by atoms with E-state index >= 15 is 0 Å². The Morgan fingerprint density at radius 1 is 1.11 bits per heavy atom. The minimum Gasteiger partial charge on any atom is -0.598 e. The molecule has 0 spiro atoms. The maximum absolute atomic E-state index is 13.8. The summed E-state index contributed by atoms with van der Waals surface area (Å²) in [5.41, 5.74) is 3.79. The molecule has 1 aliphatic heterocycles. The highest BCUT2D eigenvalue weighted by Crippen LogP contribution is 2.43. The Bertz CT molecular complexity index is 1380. The quantitative estimate of drug-likeness (QED) is 0.408. The van der Waals surface area contributed by atoms with Crippen LogP contribution in [0.5, 0.6) is 0 Å². The van der Waals surface area contributed by atoms with E-state index in [1.807, 2.05) is 18.4 Å². The van der Waals surface area contributed by atoms with Gasteiger partial charge in [0.05, 0.1) is 23.1 Å². The molecule has 3 aliphatic rings. The summed E-state index contributed by atoms with van der Waals surface area (Å²) in [6.45, 7) is 8.34. The van der Waals surface area contributed by atoms with Gasteiger partial charge in [-0.05, 0) is 71.1 Å². The van der Waals surface area contributed by atoms with E-state index in [1.54, 1.807) is 12.5 Å². The second kappa shape index (κ2) is 10.5. The van der Waals surface area contributed by atoms with Crippen molar-refractivity contribution in [2.45, 2.75) is 71.3 Å². The highest BCUT2D eigenvalue weighted by Gasteiger charge is 2.33. The van der Waals surface area contributed by atoms with Gasteiger partial charge in [0.25, 0.3) is 5.56 Å². The van der Waals surface area contributed by atoms with Crippen LogP contribution in [0.3, 0.4) is 0 Å². The van der Waals surface area contributed by atoms with Crippen molar-refractivity contribution >= 4 is 28.3 Å². The molecule has 2 atom stereocenters. The molecule has 1 N–H and O–H groups in total. The fourth-order valence-corrected chi connectivity index (χ4v) is 6.56. The topological polar surface area (TPSA) is 125 Å². The van der Waals surface area contributed by atoms with Crippen LogP contribution in [0.4, 0.5) is 5.82 Å². The molecule has 38 heavy (non-hydrogen) atoms. The Hall–Kier alpha value is -2.63. The lowest BCUT2D eigenvalue weighted by Gasteiger charge is -2.31. The Kier molecular flexibility index (Phi) is 7.09. The number of hydrogen-bond donors (Lipinski definition) is 1. The van der Waals surface area contributed by atoms with Crippen molar-refractivity contribution < 1.29 is 4.55 Å². The van der Waals surface area contributed by atoms with Gasteiger partial charge in [0.15, 0.2) is 17.3 Å². The van der Waals surface area contributed by atoms with Gasteiger partial charge in [-0.2, -0.15) is 0 Å². The molecule has 0 amide bonds. The lowest BCUT2D eigenvalue weighted by atomic mass is 9.98. The van der Waals surface area contributed by atoms with Crippen LogP contribution in [0.15, 0.2) is 17.3 Å². The molecule has 1 saturated heterocycles. The monoisotopic (exact) mass is 536 g/mol. The number of piperidine rings is 1. The van der Waals surface area contributed by atoms with Crippen molar-refractivity contribution in [2.75, 3.05) is 30.7 Å². The molecule has 6 rings (SSSR count). The second-order valence-corrected chi connectivity index (χ2v) is 12.7. The molecule has 3 aromatic rings. The van der Waals surface area contributed by atoms with Crippen molar-refractivity contribution in [3.63, 3.8) is 0 Å². The molecule has 0 bridgehead atoms. The predicted octanol–water partition coefficient (Wildman–Crippen LogP) is 3.61. The number of aromatic nitrogens is 6. The molecule has 3 fully saturated rings. The van der Waals surface area contributed by atoms with Gasteiger partial charge in [-0.25, -0.2) is 24.9 Å². The maximum Gasteiger partial charge on any atom is 0.295 e. The van der Waals surface area contributed by atoms with Crippen LogP contribution in [0.1, 0.15) is 75.7 Å². The molecule has 2 unspecified atom stereocenters. The molecule has 11 heteroatoms. The van der Waals surface area contributed by atoms with Gasteiger partial charge in [-0.3, -0.25) is 9.36 Å². The Labute approximate surface area is 226 Å². The summed E-state index contributed by atoms with van der Waals surface area (Å²) < 4.78 is 16.0. The van der Waals surface area contributed by atoms with E-state index in [2.05, 4.69) is 26.5 Å². The first-order valence-corrected chi connectivity index (χ1v) is 15.2. The van der Waals surface area contributed by atoms with Gasteiger partial charge < -0.3 is 9.87 Å². The summed E-state index contributed by atoms with van der Waals surface area (Å²) in [7, 11) is 0. The van der Waals surface area contributed by atoms with E-state index in [-0.39, 0.29) is 11.6 Å². The Morgan fingerprint density at radius 3 is 2.55 bits per heavy atom. The molecule has 10 nitrogen and oxygen atoms in total. The molecule has 2 aliphatic carbocycles. The molecule has 2 saturated carbocycles. The molecule has 0 radical (unpaired) electrons. The minimum atomic E-state index is -0.888. The number of hydrogen-bond acceptors (Lipinski definition) is 9. The average Bonchev–Trinajstić information content (AvgIpc) is 3.84. The second-order valence-electron chi connectivity index (χ2n) is 11.0. The molecule has 0 aromatic carbocycles. The number of anilines is 1. The first kappa shape index (κ1) is 25.6. The van der Waals surface area contributed by atoms with E-state index in [0.717, 1.165) is 68.6 Å². The Balaban J connectivity index is 1.32. The largest absolute Gasteiger partial charge is 0.598 e. The lowest BCUT2D eigenvalue weighted by Crippen LogP contribution is -2.41. The third kappa shape index (κ3) is 5.03. The third-order valence-electron chi connectivity index (χ3n) is 8.26. The zero-order chi connectivity index (χ0) is 26.4. The summed E-state index contributed by atoms with van der Waals surface area (Å²) in [6.07, 6.45) is 9.73. The minimum absolute atomic E-state index is 0.0274. The average molecular weight is 537 g/mol. The van der Waals surface area contributed by atoms with Crippen molar-refractivity contribution in [2.24, 2.45) is 11.8 Å². The normalized spacial score (nSPS) is 20.5.